The number of hydrogen-bond donors (Lipinski definition) is 3. The number of urea groups is 1. The summed E-state index contributed by atoms with van der Waals surface area (Å²) in [6.45, 7) is 1.46. The Morgan fingerprint density at radius 2 is 1.89 bits per heavy atom. The van der Waals surface area contributed by atoms with Gasteiger partial charge in [-0.15, -0.1) is 11.3 Å². The van der Waals surface area contributed by atoms with Gasteiger partial charge >= 0.3 is 11.7 Å². The number of anilines is 1. The second-order valence-electron chi connectivity index (χ2n) is 8.24. The van der Waals surface area contributed by atoms with Crippen molar-refractivity contribution in [3.8, 4) is 5.69 Å². The van der Waals surface area contributed by atoms with Crippen LogP contribution in [0.4, 0.5) is 10.5 Å². The highest BCUT2D eigenvalue weighted by Crippen LogP contribution is 2.26. The molecule has 38 heavy (non-hydrogen) atoms. The average molecular weight is 593 g/mol. The number of hydrogen-bond acceptors (Lipinski definition) is 8. The fourth-order valence-electron chi connectivity index (χ4n) is 3.96. The van der Waals surface area contributed by atoms with Gasteiger partial charge in [-0.3, -0.25) is 9.79 Å². The fourth-order valence-corrected chi connectivity index (χ4v) is 6.61. The zero-order valence-corrected chi connectivity index (χ0v) is 22.6. The van der Waals surface area contributed by atoms with Gasteiger partial charge in [0.25, 0.3) is 15.6 Å². The van der Waals surface area contributed by atoms with Crippen LogP contribution in [0.25, 0.3) is 16.6 Å². The Balaban J connectivity index is 1.42. The van der Waals surface area contributed by atoms with E-state index in [1.165, 1.54) is 30.3 Å². The fraction of sp³-hybridized carbons (Fsp3) is 0.130. The van der Waals surface area contributed by atoms with E-state index in [0.29, 0.717) is 12.1 Å². The third-order valence-corrected chi connectivity index (χ3v) is 9.06. The third-order valence-electron chi connectivity index (χ3n) is 5.70. The lowest BCUT2D eigenvalue weighted by Gasteiger charge is -2.14. The van der Waals surface area contributed by atoms with Crippen LogP contribution in [0.1, 0.15) is 5.56 Å². The van der Waals surface area contributed by atoms with Gasteiger partial charge in [-0.25, -0.2) is 27.3 Å². The molecule has 0 bridgehead atoms. The Bertz CT molecular complexity index is 1860. The number of aromatic nitrogens is 2. The van der Waals surface area contributed by atoms with Crippen LogP contribution in [0, 0.1) is 0 Å². The van der Waals surface area contributed by atoms with Crippen LogP contribution in [-0.4, -0.2) is 54.9 Å². The summed E-state index contributed by atoms with van der Waals surface area (Å²) in [6, 6.07) is 10.7. The second kappa shape index (κ2) is 9.91. The molecule has 1 aliphatic rings. The van der Waals surface area contributed by atoms with Gasteiger partial charge in [-0.1, -0.05) is 29.3 Å². The lowest BCUT2D eigenvalue weighted by Crippen LogP contribution is -2.34. The molecule has 0 fully saturated rings. The average Bonchev–Trinajstić information content (AvgIpc) is 3.48. The number of rotatable bonds is 5. The van der Waals surface area contributed by atoms with Crippen molar-refractivity contribution >= 4 is 73.0 Å². The van der Waals surface area contributed by atoms with Gasteiger partial charge in [0.05, 0.1) is 32.5 Å². The first-order chi connectivity index (χ1) is 18.0. The molecule has 0 atom stereocenters. The third kappa shape index (κ3) is 4.92. The van der Waals surface area contributed by atoms with Crippen molar-refractivity contribution in [3.63, 3.8) is 0 Å². The van der Waals surface area contributed by atoms with Gasteiger partial charge in [-0.05, 0) is 42.5 Å². The molecule has 0 aliphatic carbocycles. The maximum Gasteiger partial charge on any atom is 0.333 e. The molecule has 0 saturated carbocycles. The maximum absolute atomic E-state index is 13.2. The number of likely N-dealkylation sites (N-methyl/N-ethyl adjacent to an activating group) is 1. The lowest BCUT2D eigenvalue weighted by molar-refractivity contribution is 0.256. The first kappa shape index (κ1) is 26.0. The number of amidine groups is 1. The van der Waals surface area contributed by atoms with E-state index in [-0.39, 0.29) is 30.3 Å². The number of carbonyl (C=O) groups is 1. The minimum atomic E-state index is -4.13. The van der Waals surface area contributed by atoms with E-state index < -0.39 is 27.3 Å². The predicted molar refractivity (Wildman–Crippen MR) is 148 cm³/mol. The normalized spacial score (nSPS) is 13.6. The summed E-state index contributed by atoms with van der Waals surface area (Å²) in [6.07, 6.45) is 0. The van der Waals surface area contributed by atoms with Crippen molar-refractivity contribution in [2.24, 2.45) is 4.99 Å². The Hall–Kier alpha value is -3.65. The van der Waals surface area contributed by atoms with Crippen molar-refractivity contribution in [1.29, 1.82) is 0 Å². The van der Waals surface area contributed by atoms with Gasteiger partial charge in [0.15, 0.2) is 0 Å². The molecule has 3 N–H and O–H groups in total. The molecule has 11 nitrogen and oxygen atoms in total. The van der Waals surface area contributed by atoms with E-state index in [9.17, 15) is 22.8 Å². The van der Waals surface area contributed by atoms with Crippen LogP contribution in [0.5, 0.6) is 0 Å². The van der Waals surface area contributed by atoms with E-state index in [4.69, 9.17) is 23.2 Å². The lowest BCUT2D eigenvalue weighted by atomic mass is 10.1. The smallest absolute Gasteiger partial charge is 0.333 e. The summed E-state index contributed by atoms with van der Waals surface area (Å²) < 4.78 is 27.5. The van der Waals surface area contributed by atoms with Crippen molar-refractivity contribution in [2.45, 2.75) is 4.21 Å². The highest BCUT2D eigenvalue weighted by atomic mass is 35.5. The largest absolute Gasteiger partial charge is 0.358 e. The summed E-state index contributed by atoms with van der Waals surface area (Å²) >= 11 is 12.9. The second-order valence-corrected chi connectivity index (χ2v) is 12.3. The predicted octanol–water partition coefficient (Wildman–Crippen LogP) is 3.25. The number of carbonyl (C=O) groups excluding carboxylic acids is 1. The van der Waals surface area contributed by atoms with Crippen molar-refractivity contribution < 1.29 is 13.2 Å². The van der Waals surface area contributed by atoms with Crippen molar-refractivity contribution in [1.82, 2.24) is 19.2 Å². The molecule has 2 aromatic carbocycles. The first-order valence-electron chi connectivity index (χ1n) is 11.0. The highest BCUT2D eigenvalue weighted by molar-refractivity contribution is 7.92. The van der Waals surface area contributed by atoms with Gasteiger partial charge < -0.3 is 15.2 Å². The van der Waals surface area contributed by atoms with Crippen LogP contribution in [0.15, 0.2) is 67.3 Å². The minimum Gasteiger partial charge on any atom is -0.358 e. The molecule has 196 valence electrons. The Morgan fingerprint density at radius 1 is 1.11 bits per heavy atom. The monoisotopic (exact) mass is 592 g/mol. The number of amides is 2. The molecule has 3 heterocycles. The van der Waals surface area contributed by atoms with Gasteiger partial charge in [0.1, 0.15) is 10.0 Å². The number of benzene rings is 2. The standard InChI is InChI=1S/C23H18Cl2N6O5S2/c1-30-9-8-26-20(30)12-2-4-14-16(10-12)28-23(34)31(21(14)32)17-5-3-13(11-15(17)24)27-22(33)29-38(35,36)19-7-6-18(25)37-19/h2-7,10-11H,8-9H2,1H3,(H,28,34)(H2,27,29,33). The van der Waals surface area contributed by atoms with Crippen LogP contribution in [0.3, 0.4) is 0 Å². The number of nitrogens with zero attached hydrogens (tertiary/aromatic N) is 3. The summed E-state index contributed by atoms with van der Waals surface area (Å²) in [5.74, 6) is 0.777. The molecule has 0 radical (unpaired) electrons. The van der Waals surface area contributed by atoms with Crippen molar-refractivity contribution in [2.75, 3.05) is 25.5 Å². The van der Waals surface area contributed by atoms with E-state index >= 15 is 0 Å². The van der Waals surface area contributed by atoms with Gasteiger partial charge in [0.2, 0.25) is 0 Å². The van der Waals surface area contributed by atoms with Gasteiger partial charge in [0, 0.05) is 24.8 Å². The molecule has 15 heteroatoms. The zero-order valence-electron chi connectivity index (χ0n) is 19.5. The van der Waals surface area contributed by atoms with E-state index in [0.717, 1.165) is 33.8 Å². The first-order valence-corrected chi connectivity index (χ1v) is 14.0. The topological polar surface area (TPSA) is 146 Å². The summed E-state index contributed by atoms with van der Waals surface area (Å²) in [5.41, 5.74) is 0.0559. The summed E-state index contributed by atoms with van der Waals surface area (Å²) in [4.78, 5) is 47.6. The van der Waals surface area contributed by atoms with Crippen LogP contribution in [0.2, 0.25) is 9.36 Å². The molecule has 2 amide bonds. The highest BCUT2D eigenvalue weighted by Gasteiger charge is 2.21. The number of aliphatic imine (C=N–C) groups is 1. The Labute approximate surface area is 229 Å². The number of thiophene rings is 1. The minimum absolute atomic E-state index is 0.0267. The number of halogens is 2. The van der Waals surface area contributed by atoms with Crippen molar-refractivity contribution in [3.05, 3.63) is 84.3 Å². The summed E-state index contributed by atoms with van der Waals surface area (Å²) in [7, 11) is -2.21. The molecule has 0 unspecified atom stereocenters. The molecular weight excluding hydrogens is 575 g/mol. The molecule has 0 saturated heterocycles. The molecule has 0 spiro atoms. The molecule has 2 aromatic heterocycles. The van der Waals surface area contributed by atoms with Gasteiger partial charge in [-0.2, -0.15) is 0 Å². The SMILES string of the molecule is CN1CCN=C1c1ccc2c(=O)n(-c3ccc(NC(=O)NS(=O)(=O)c4ccc(Cl)s4)cc3Cl)c(=O)[nH]c2c1. The Kier molecular flexibility index (Phi) is 6.77. The van der Waals surface area contributed by atoms with E-state index in [1.54, 1.807) is 18.2 Å². The number of fused-ring (bicyclic) bond motifs is 1. The Morgan fingerprint density at radius 3 is 2.55 bits per heavy atom. The number of nitrogens with one attached hydrogen (secondary N) is 3. The number of sulfonamides is 1. The van der Waals surface area contributed by atoms with Crippen LogP contribution < -0.4 is 21.3 Å². The maximum atomic E-state index is 13.2. The number of aromatic amines is 1. The van der Waals surface area contributed by atoms with E-state index in [1.807, 2.05) is 16.7 Å². The van der Waals surface area contributed by atoms with Crippen LogP contribution in [-0.2, 0) is 10.0 Å². The zero-order chi connectivity index (χ0) is 27.2. The summed E-state index contributed by atoms with van der Waals surface area (Å²) in [5, 5.41) is 2.60. The quantitative estimate of drug-likeness (QED) is 0.324. The van der Waals surface area contributed by atoms with Crippen LogP contribution >= 0.6 is 34.5 Å². The molecule has 5 rings (SSSR count). The molecular formula is C23H18Cl2N6O5S2. The molecule has 1 aliphatic heterocycles. The molecule has 4 aromatic rings. The van der Waals surface area contributed by atoms with E-state index in [2.05, 4.69) is 15.3 Å². The number of H-pyrrole nitrogens is 1.